The van der Waals surface area contributed by atoms with Crippen molar-refractivity contribution in [2.45, 2.75) is 13.5 Å². The average Bonchev–Trinajstić information content (AvgIpc) is 2.22. The first-order chi connectivity index (χ1) is 7.19. The lowest BCUT2D eigenvalue weighted by Crippen LogP contribution is -2.25. The van der Waals surface area contributed by atoms with Gasteiger partial charge in [-0.3, -0.25) is 4.90 Å². The van der Waals surface area contributed by atoms with Crippen molar-refractivity contribution in [3.05, 3.63) is 33.8 Å². The third-order valence-corrected chi connectivity index (χ3v) is 3.35. The molecule has 1 aromatic carbocycles. The number of nitrogens with zero attached hydrogens (tertiary/aromatic N) is 1. The molecule has 0 aliphatic carbocycles. The highest BCUT2D eigenvalue weighted by Crippen LogP contribution is 2.25. The molecule has 0 N–H and O–H groups in total. The molecule has 0 atom stereocenters. The molecule has 0 spiro atoms. The van der Waals surface area contributed by atoms with Crippen LogP contribution in [0.1, 0.15) is 12.5 Å². The van der Waals surface area contributed by atoms with Gasteiger partial charge in [-0.05, 0) is 18.7 Å². The van der Waals surface area contributed by atoms with E-state index < -0.39 is 0 Å². The number of alkyl halides is 1. The molecule has 1 nitrogen and oxygen atoms in total. The fourth-order valence-corrected chi connectivity index (χ4v) is 2.39. The summed E-state index contributed by atoms with van der Waals surface area (Å²) in [7, 11) is 0. The summed E-state index contributed by atoms with van der Waals surface area (Å²) in [5.74, 6) is 0. The second-order valence-corrected chi connectivity index (χ2v) is 4.87. The second kappa shape index (κ2) is 6.74. The summed E-state index contributed by atoms with van der Waals surface area (Å²) in [4.78, 5) is 2.29. The van der Waals surface area contributed by atoms with Crippen LogP contribution in [-0.4, -0.2) is 23.3 Å². The Bertz CT molecular complexity index is 297. The SMILES string of the molecule is CCN(CCBr)Cc1c(Cl)cccc1Cl. The Balaban J connectivity index is 2.78. The summed E-state index contributed by atoms with van der Waals surface area (Å²) >= 11 is 15.6. The fourth-order valence-electron chi connectivity index (χ4n) is 1.38. The minimum Gasteiger partial charge on any atom is -0.298 e. The highest BCUT2D eigenvalue weighted by molar-refractivity contribution is 9.09. The first-order valence-corrected chi connectivity index (χ1v) is 6.78. The van der Waals surface area contributed by atoms with E-state index in [1.807, 2.05) is 18.2 Å². The first-order valence-electron chi connectivity index (χ1n) is 4.90. The van der Waals surface area contributed by atoms with E-state index in [2.05, 4.69) is 27.8 Å². The maximum absolute atomic E-state index is 6.11. The van der Waals surface area contributed by atoms with Crippen molar-refractivity contribution in [2.24, 2.45) is 0 Å². The molecule has 0 heterocycles. The van der Waals surface area contributed by atoms with E-state index in [0.717, 1.165) is 40.6 Å². The molecule has 0 saturated carbocycles. The lowest BCUT2D eigenvalue weighted by atomic mass is 10.2. The number of benzene rings is 1. The Kier molecular flexibility index (Phi) is 5.98. The highest BCUT2D eigenvalue weighted by atomic mass is 79.9. The summed E-state index contributed by atoms with van der Waals surface area (Å²) in [6.07, 6.45) is 0. The number of halogens is 3. The topological polar surface area (TPSA) is 3.24 Å². The predicted octanol–water partition coefficient (Wildman–Crippen LogP) is 4.21. The standard InChI is InChI=1S/C11H14BrCl2N/c1-2-15(7-6-12)8-9-10(13)4-3-5-11(9)14/h3-5H,2,6-8H2,1H3. The molecule has 0 fully saturated rings. The minimum absolute atomic E-state index is 0.746. The molecule has 4 heteroatoms. The maximum atomic E-state index is 6.11. The quantitative estimate of drug-likeness (QED) is 0.736. The van der Waals surface area contributed by atoms with Crippen LogP contribution in [0.3, 0.4) is 0 Å². The molecule has 1 rings (SSSR count). The Labute approximate surface area is 109 Å². The molecule has 0 amide bonds. The van der Waals surface area contributed by atoms with Crippen molar-refractivity contribution >= 4 is 39.1 Å². The zero-order chi connectivity index (χ0) is 11.3. The van der Waals surface area contributed by atoms with Crippen molar-refractivity contribution in [3.8, 4) is 0 Å². The zero-order valence-electron chi connectivity index (χ0n) is 8.64. The summed E-state index contributed by atoms with van der Waals surface area (Å²) < 4.78 is 0. The van der Waals surface area contributed by atoms with Gasteiger partial charge in [0.15, 0.2) is 0 Å². The van der Waals surface area contributed by atoms with Gasteiger partial charge in [-0.25, -0.2) is 0 Å². The number of hydrogen-bond acceptors (Lipinski definition) is 1. The first kappa shape index (κ1) is 13.3. The van der Waals surface area contributed by atoms with Gasteiger partial charge in [0.25, 0.3) is 0 Å². The van der Waals surface area contributed by atoms with Crippen molar-refractivity contribution in [1.29, 1.82) is 0 Å². The molecule has 0 aromatic heterocycles. The average molecular weight is 311 g/mol. The molecule has 0 bridgehead atoms. The van der Waals surface area contributed by atoms with Crippen molar-refractivity contribution in [2.75, 3.05) is 18.4 Å². The van der Waals surface area contributed by atoms with Crippen LogP contribution in [0.2, 0.25) is 10.0 Å². The molecule has 15 heavy (non-hydrogen) atoms. The van der Waals surface area contributed by atoms with Crippen LogP contribution in [0.25, 0.3) is 0 Å². The van der Waals surface area contributed by atoms with Gasteiger partial charge >= 0.3 is 0 Å². The van der Waals surface area contributed by atoms with E-state index in [-0.39, 0.29) is 0 Å². The second-order valence-electron chi connectivity index (χ2n) is 3.26. The summed E-state index contributed by atoms with van der Waals surface area (Å²) in [5.41, 5.74) is 1.02. The monoisotopic (exact) mass is 309 g/mol. The van der Waals surface area contributed by atoms with E-state index in [1.165, 1.54) is 0 Å². The predicted molar refractivity (Wildman–Crippen MR) is 71.2 cm³/mol. The fraction of sp³-hybridized carbons (Fsp3) is 0.455. The van der Waals surface area contributed by atoms with Crippen LogP contribution in [0.15, 0.2) is 18.2 Å². The summed E-state index contributed by atoms with van der Waals surface area (Å²) in [6.45, 7) is 4.93. The van der Waals surface area contributed by atoms with E-state index in [0.29, 0.717) is 0 Å². The van der Waals surface area contributed by atoms with Gasteiger partial charge in [-0.15, -0.1) is 0 Å². The van der Waals surface area contributed by atoms with Crippen molar-refractivity contribution in [1.82, 2.24) is 4.90 Å². The number of rotatable bonds is 5. The van der Waals surface area contributed by atoms with Crippen LogP contribution >= 0.6 is 39.1 Å². The van der Waals surface area contributed by atoms with Gasteiger partial charge < -0.3 is 0 Å². The third-order valence-electron chi connectivity index (χ3n) is 2.29. The molecule has 0 radical (unpaired) electrons. The minimum atomic E-state index is 0.746. The van der Waals surface area contributed by atoms with Crippen LogP contribution in [0.5, 0.6) is 0 Å². The van der Waals surface area contributed by atoms with Gasteiger partial charge in [-0.2, -0.15) is 0 Å². The maximum Gasteiger partial charge on any atom is 0.0465 e. The van der Waals surface area contributed by atoms with E-state index >= 15 is 0 Å². The van der Waals surface area contributed by atoms with Gasteiger partial charge in [0, 0.05) is 34.0 Å². The molecule has 0 aliphatic rings. The highest BCUT2D eigenvalue weighted by Gasteiger charge is 2.09. The number of hydrogen-bond donors (Lipinski definition) is 0. The smallest absolute Gasteiger partial charge is 0.0465 e. The van der Waals surface area contributed by atoms with E-state index in [4.69, 9.17) is 23.2 Å². The van der Waals surface area contributed by atoms with Gasteiger partial charge in [-0.1, -0.05) is 52.1 Å². The summed E-state index contributed by atoms with van der Waals surface area (Å²) in [6, 6.07) is 5.63. The van der Waals surface area contributed by atoms with Gasteiger partial charge in [0.05, 0.1) is 0 Å². The van der Waals surface area contributed by atoms with Crippen molar-refractivity contribution in [3.63, 3.8) is 0 Å². The normalized spacial score (nSPS) is 11.0. The Hall–Kier alpha value is 0.240. The van der Waals surface area contributed by atoms with Gasteiger partial charge in [0.1, 0.15) is 0 Å². The Morgan fingerprint density at radius 3 is 2.33 bits per heavy atom. The Morgan fingerprint density at radius 2 is 1.87 bits per heavy atom. The van der Waals surface area contributed by atoms with Crippen LogP contribution in [-0.2, 0) is 6.54 Å². The molecular formula is C11H14BrCl2N. The third kappa shape index (κ3) is 3.95. The van der Waals surface area contributed by atoms with Crippen LogP contribution < -0.4 is 0 Å². The van der Waals surface area contributed by atoms with Crippen LogP contribution in [0.4, 0.5) is 0 Å². The lowest BCUT2D eigenvalue weighted by Gasteiger charge is -2.20. The molecule has 1 aromatic rings. The van der Waals surface area contributed by atoms with Gasteiger partial charge in [0.2, 0.25) is 0 Å². The largest absolute Gasteiger partial charge is 0.298 e. The molecule has 0 aliphatic heterocycles. The Morgan fingerprint density at radius 1 is 1.27 bits per heavy atom. The van der Waals surface area contributed by atoms with Crippen molar-refractivity contribution < 1.29 is 0 Å². The van der Waals surface area contributed by atoms with E-state index in [9.17, 15) is 0 Å². The molecular weight excluding hydrogens is 297 g/mol. The zero-order valence-corrected chi connectivity index (χ0v) is 11.7. The molecule has 0 unspecified atom stereocenters. The summed E-state index contributed by atoms with van der Waals surface area (Å²) in [5, 5.41) is 2.45. The van der Waals surface area contributed by atoms with E-state index in [1.54, 1.807) is 0 Å². The van der Waals surface area contributed by atoms with Crippen LogP contribution in [0, 0.1) is 0 Å². The molecule has 84 valence electrons. The molecule has 0 saturated heterocycles. The lowest BCUT2D eigenvalue weighted by molar-refractivity contribution is 0.299.